The summed E-state index contributed by atoms with van der Waals surface area (Å²) in [5, 5.41) is 0. The van der Waals surface area contributed by atoms with Gasteiger partial charge in [0.05, 0.1) is 0 Å². The van der Waals surface area contributed by atoms with Gasteiger partial charge >= 0.3 is 0 Å². The smallest absolute Gasteiger partial charge is 0.0149 e. The average Bonchev–Trinajstić information content (AvgIpc) is 2.65. The predicted octanol–water partition coefficient (Wildman–Crippen LogP) is 10.1. The van der Waals surface area contributed by atoms with E-state index in [1.807, 2.05) is 0 Å². The van der Waals surface area contributed by atoms with Crippen LogP contribution in [0.25, 0.3) is 0 Å². The van der Waals surface area contributed by atoms with Crippen molar-refractivity contribution in [2.24, 2.45) is 40.4 Å². The predicted molar refractivity (Wildman–Crippen MR) is 133 cm³/mol. The molecule has 0 aromatic carbocycles. The Morgan fingerprint density at radius 3 is 2.21 bits per heavy atom. The first-order valence-electron chi connectivity index (χ1n) is 13.2. The van der Waals surface area contributed by atoms with Crippen LogP contribution in [0, 0.1) is 40.4 Å². The first-order valence-corrected chi connectivity index (χ1v) is 13.2. The third-order valence-electron chi connectivity index (χ3n) is 9.08. The van der Waals surface area contributed by atoms with Crippen LogP contribution >= 0.6 is 0 Å². The molecule has 0 aromatic heterocycles. The molecule has 1 fully saturated rings. The topological polar surface area (TPSA) is 0 Å². The van der Waals surface area contributed by atoms with Crippen molar-refractivity contribution in [2.75, 3.05) is 0 Å². The minimum Gasteiger partial charge on any atom is -0.0881 e. The van der Waals surface area contributed by atoms with Crippen LogP contribution in [0.3, 0.4) is 0 Å². The average molecular weight is 405 g/mol. The Morgan fingerprint density at radius 2 is 1.69 bits per heavy atom. The van der Waals surface area contributed by atoms with E-state index in [1.165, 1.54) is 64.2 Å². The number of hydrogen-bond donors (Lipinski definition) is 0. The maximum absolute atomic E-state index is 2.66. The quantitative estimate of drug-likeness (QED) is 0.353. The summed E-state index contributed by atoms with van der Waals surface area (Å²) < 4.78 is 0. The molecular formula is C29H56. The van der Waals surface area contributed by atoms with E-state index in [0.29, 0.717) is 10.8 Å². The standard InChI is InChI=1S/C29H56/c1-11-14-16-26-18-17-23(6)24(7)29(10,20-15-19-28(26,8)9)27(13-3)25(12-2)21-22(4)5/h12,22-24,26-27H,11,13-21H2,1-10H3/b25-12-. The molecule has 1 rings (SSSR count). The summed E-state index contributed by atoms with van der Waals surface area (Å²) in [7, 11) is 0. The van der Waals surface area contributed by atoms with E-state index in [-0.39, 0.29) is 0 Å². The van der Waals surface area contributed by atoms with Gasteiger partial charge in [0.25, 0.3) is 0 Å². The molecule has 0 spiro atoms. The Labute approximate surface area is 185 Å². The van der Waals surface area contributed by atoms with Gasteiger partial charge in [-0.15, -0.1) is 0 Å². The van der Waals surface area contributed by atoms with E-state index in [1.54, 1.807) is 5.57 Å². The summed E-state index contributed by atoms with van der Waals surface area (Å²) >= 11 is 0. The van der Waals surface area contributed by atoms with E-state index in [2.05, 4.69) is 75.3 Å². The number of allylic oxidation sites excluding steroid dienone is 2. The van der Waals surface area contributed by atoms with Crippen molar-refractivity contribution in [3.8, 4) is 0 Å². The first kappa shape index (κ1) is 26.8. The summed E-state index contributed by atoms with van der Waals surface area (Å²) in [6.07, 6.45) is 16.3. The maximum atomic E-state index is 2.66. The largest absolute Gasteiger partial charge is 0.0881 e. The van der Waals surface area contributed by atoms with Gasteiger partial charge in [0.15, 0.2) is 0 Å². The molecule has 0 heterocycles. The first-order chi connectivity index (χ1) is 13.5. The highest BCUT2D eigenvalue weighted by Gasteiger charge is 2.43. The van der Waals surface area contributed by atoms with Gasteiger partial charge < -0.3 is 0 Å². The van der Waals surface area contributed by atoms with E-state index in [9.17, 15) is 0 Å². The van der Waals surface area contributed by atoms with Gasteiger partial charge in [0.2, 0.25) is 0 Å². The summed E-state index contributed by atoms with van der Waals surface area (Å²) in [6.45, 7) is 24.8. The molecule has 29 heavy (non-hydrogen) atoms. The van der Waals surface area contributed by atoms with Gasteiger partial charge in [-0.05, 0) is 85.9 Å². The van der Waals surface area contributed by atoms with Crippen LogP contribution in [0.15, 0.2) is 11.6 Å². The van der Waals surface area contributed by atoms with E-state index >= 15 is 0 Å². The number of hydrogen-bond acceptors (Lipinski definition) is 0. The summed E-state index contributed by atoms with van der Waals surface area (Å²) in [5.74, 6) is 4.03. The lowest BCUT2D eigenvalue weighted by Gasteiger charge is -2.48. The summed E-state index contributed by atoms with van der Waals surface area (Å²) in [4.78, 5) is 0. The fourth-order valence-corrected chi connectivity index (χ4v) is 6.67. The van der Waals surface area contributed by atoms with Crippen LogP contribution in [0.1, 0.15) is 133 Å². The molecule has 0 heteroatoms. The Morgan fingerprint density at radius 1 is 1.03 bits per heavy atom. The Kier molecular flexibility index (Phi) is 11.0. The summed E-state index contributed by atoms with van der Waals surface area (Å²) in [5.41, 5.74) is 2.66. The van der Waals surface area contributed by atoms with Crippen LogP contribution in [0.5, 0.6) is 0 Å². The lowest BCUT2D eigenvalue weighted by Crippen LogP contribution is -2.40. The summed E-state index contributed by atoms with van der Waals surface area (Å²) in [6, 6.07) is 0. The lowest BCUT2D eigenvalue weighted by atomic mass is 9.56. The Balaban J connectivity index is 3.16. The molecule has 0 bridgehead atoms. The Hall–Kier alpha value is -0.260. The fraction of sp³-hybridized carbons (Fsp3) is 0.931. The minimum atomic E-state index is 0.428. The van der Waals surface area contributed by atoms with Crippen LogP contribution < -0.4 is 0 Å². The molecular weight excluding hydrogens is 348 g/mol. The molecule has 5 unspecified atom stereocenters. The van der Waals surface area contributed by atoms with E-state index < -0.39 is 0 Å². The van der Waals surface area contributed by atoms with Gasteiger partial charge in [0, 0.05) is 0 Å². The van der Waals surface area contributed by atoms with Gasteiger partial charge in [0.1, 0.15) is 0 Å². The van der Waals surface area contributed by atoms with Crippen molar-refractivity contribution in [1.82, 2.24) is 0 Å². The second-order valence-electron chi connectivity index (χ2n) is 12.0. The van der Waals surface area contributed by atoms with Crippen molar-refractivity contribution >= 4 is 0 Å². The second kappa shape index (κ2) is 12.0. The lowest BCUT2D eigenvalue weighted by molar-refractivity contribution is 0.0371. The zero-order valence-corrected chi connectivity index (χ0v) is 22.0. The Bertz CT molecular complexity index is 482. The zero-order chi connectivity index (χ0) is 22.2. The van der Waals surface area contributed by atoms with Crippen LogP contribution in [-0.2, 0) is 0 Å². The highest BCUT2D eigenvalue weighted by atomic mass is 14.5. The van der Waals surface area contributed by atoms with Crippen molar-refractivity contribution in [1.29, 1.82) is 0 Å². The van der Waals surface area contributed by atoms with E-state index in [0.717, 1.165) is 29.6 Å². The number of rotatable bonds is 8. The van der Waals surface area contributed by atoms with Gasteiger partial charge in [-0.1, -0.05) is 99.6 Å². The monoisotopic (exact) mass is 404 g/mol. The van der Waals surface area contributed by atoms with Gasteiger partial charge in [-0.3, -0.25) is 0 Å². The van der Waals surface area contributed by atoms with Crippen LogP contribution in [0.2, 0.25) is 0 Å². The third kappa shape index (κ3) is 7.14. The molecule has 1 aliphatic carbocycles. The van der Waals surface area contributed by atoms with Crippen LogP contribution in [-0.4, -0.2) is 0 Å². The number of unbranched alkanes of at least 4 members (excludes halogenated alkanes) is 1. The normalized spacial score (nSPS) is 32.9. The fourth-order valence-electron chi connectivity index (χ4n) is 6.67. The molecule has 1 saturated carbocycles. The highest BCUT2D eigenvalue weighted by Crippen LogP contribution is 2.52. The molecule has 1 aliphatic rings. The molecule has 0 aliphatic heterocycles. The molecule has 0 nitrogen and oxygen atoms in total. The molecule has 0 saturated heterocycles. The van der Waals surface area contributed by atoms with Crippen molar-refractivity contribution in [3.05, 3.63) is 11.6 Å². The molecule has 5 atom stereocenters. The van der Waals surface area contributed by atoms with Crippen molar-refractivity contribution < 1.29 is 0 Å². The maximum Gasteiger partial charge on any atom is -0.0149 e. The molecule has 0 radical (unpaired) electrons. The molecule has 0 N–H and O–H groups in total. The molecule has 172 valence electrons. The molecule has 0 aromatic rings. The van der Waals surface area contributed by atoms with Gasteiger partial charge in [-0.25, -0.2) is 0 Å². The van der Waals surface area contributed by atoms with E-state index in [4.69, 9.17) is 0 Å². The van der Waals surface area contributed by atoms with Crippen molar-refractivity contribution in [3.63, 3.8) is 0 Å². The van der Waals surface area contributed by atoms with Gasteiger partial charge in [-0.2, -0.15) is 0 Å². The second-order valence-corrected chi connectivity index (χ2v) is 12.0. The zero-order valence-electron chi connectivity index (χ0n) is 22.0. The van der Waals surface area contributed by atoms with Crippen LogP contribution in [0.4, 0.5) is 0 Å². The minimum absolute atomic E-state index is 0.428. The highest BCUT2D eigenvalue weighted by molar-refractivity contribution is 5.12. The molecule has 0 amide bonds. The SMILES string of the molecule is C/C=C(/CC(C)C)C(CC)C1(C)CCCC(C)(C)C(CCCC)CCC(C)C1C. The van der Waals surface area contributed by atoms with Crippen molar-refractivity contribution in [2.45, 2.75) is 133 Å². The third-order valence-corrected chi connectivity index (χ3v) is 9.08.